The number of hydrogen-bond acceptors (Lipinski definition) is 5. The molecule has 0 fully saturated rings. The number of primary amides is 1. The Morgan fingerprint density at radius 3 is 2.50 bits per heavy atom. The largest absolute Gasteiger partial charge is 0.465 e. The molecule has 0 radical (unpaired) electrons. The number of rotatable bonds is 6. The molecule has 0 saturated carbocycles. The Balaban J connectivity index is 2.20. The number of methoxy groups -OCH3 is 1. The molecule has 26 heavy (non-hydrogen) atoms. The van der Waals surface area contributed by atoms with Crippen molar-refractivity contribution >= 4 is 17.8 Å². The van der Waals surface area contributed by atoms with Crippen molar-refractivity contribution in [2.24, 2.45) is 5.73 Å². The number of carbonyl (C=O) groups is 3. The van der Waals surface area contributed by atoms with Crippen LogP contribution < -0.4 is 11.1 Å². The van der Waals surface area contributed by atoms with Crippen LogP contribution in [0, 0.1) is 11.3 Å². The van der Waals surface area contributed by atoms with Gasteiger partial charge in [-0.3, -0.25) is 9.59 Å². The van der Waals surface area contributed by atoms with E-state index in [4.69, 9.17) is 11.0 Å². The normalized spacial score (nSPS) is 11.1. The fourth-order valence-corrected chi connectivity index (χ4v) is 2.40. The van der Waals surface area contributed by atoms with Crippen LogP contribution in [-0.4, -0.2) is 30.9 Å². The monoisotopic (exact) mass is 351 g/mol. The zero-order chi connectivity index (χ0) is 19.1. The molecule has 2 amide bonds. The predicted molar refractivity (Wildman–Crippen MR) is 93.1 cm³/mol. The number of nitrogens with two attached hydrogens (primary N) is 1. The van der Waals surface area contributed by atoms with E-state index in [1.165, 1.54) is 31.4 Å². The molecular weight excluding hydrogens is 334 g/mol. The third-order valence-electron chi connectivity index (χ3n) is 3.76. The maximum Gasteiger partial charge on any atom is 0.337 e. The highest BCUT2D eigenvalue weighted by molar-refractivity contribution is 5.99. The van der Waals surface area contributed by atoms with E-state index in [1.807, 2.05) is 6.07 Å². The molecule has 0 aromatic heterocycles. The maximum absolute atomic E-state index is 12.4. The molecule has 0 heterocycles. The summed E-state index contributed by atoms with van der Waals surface area (Å²) < 4.78 is 4.62. The Morgan fingerprint density at radius 2 is 1.85 bits per heavy atom. The second-order valence-corrected chi connectivity index (χ2v) is 5.47. The molecule has 2 rings (SSSR count). The summed E-state index contributed by atoms with van der Waals surface area (Å²) in [6, 6.07) is 13.7. The summed E-state index contributed by atoms with van der Waals surface area (Å²) in [7, 11) is 1.24. The molecule has 0 aliphatic heterocycles. The summed E-state index contributed by atoms with van der Waals surface area (Å²) in [5, 5.41) is 11.7. The van der Waals surface area contributed by atoms with Gasteiger partial charge in [-0.1, -0.05) is 24.3 Å². The summed E-state index contributed by atoms with van der Waals surface area (Å²) in [5.74, 6) is -1.86. The number of esters is 1. The molecule has 1 atom stereocenters. The Hall–Kier alpha value is -3.66. The molecule has 2 aromatic rings. The van der Waals surface area contributed by atoms with Crippen LogP contribution in [0.5, 0.6) is 0 Å². The summed E-state index contributed by atoms with van der Waals surface area (Å²) in [4.78, 5) is 35.7. The van der Waals surface area contributed by atoms with Crippen LogP contribution in [0.4, 0.5) is 0 Å². The van der Waals surface area contributed by atoms with Crippen molar-refractivity contribution in [1.29, 1.82) is 5.26 Å². The van der Waals surface area contributed by atoms with Gasteiger partial charge in [0.15, 0.2) is 0 Å². The van der Waals surface area contributed by atoms with Crippen molar-refractivity contribution in [3.05, 3.63) is 70.8 Å². The van der Waals surface area contributed by atoms with Crippen molar-refractivity contribution in [3.8, 4) is 6.07 Å². The lowest BCUT2D eigenvalue weighted by atomic mass is 10.00. The summed E-state index contributed by atoms with van der Waals surface area (Å²) in [5.41, 5.74) is 6.80. The first-order valence-electron chi connectivity index (χ1n) is 7.72. The fraction of sp³-hybridized carbons (Fsp3) is 0.158. The van der Waals surface area contributed by atoms with Crippen LogP contribution in [0.15, 0.2) is 48.5 Å². The van der Waals surface area contributed by atoms with Crippen LogP contribution in [-0.2, 0) is 16.0 Å². The Morgan fingerprint density at radius 1 is 1.15 bits per heavy atom. The first-order chi connectivity index (χ1) is 12.5. The molecule has 7 nitrogen and oxygen atoms in total. The van der Waals surface area contributed by atoms with Crippen molar-refractivity contribution < 1.29 is 19.1 Å². The standard InChI is InChI=1S/C19H17N3O4/c1-26-19(25)14-8-4-7-13(9-14)18(24)22-16(17(21)23)10-12-5-2-3-6-15(12)11-20/h2-9,16H,10H2,1H3,(H2,21,23)(H,22,24)/t16-/m0/s1. The maximum atomic E-state index is 12.4. The number of amides is 2. The van der Waals surface area contributed by atoms with Gasteiger partial charge in [0, 0.05) is 12.0 Å². The first-order valence-corrected chi connectivity index (χ1v) is 7.72. The highest BCUT2D eigenvalue weighted by Gasteiger charge is 2.21. The van der Waals surface area contributed by atoms with E-state index in [2.05, 4.69) is 10.1 Å². The number of ether oxygens (including phenoxy) is 1. The van der Waals surface area contributed by atoms with E-state index in [9.17, 15) is 14.4 Å². The van der Waals surface area contributed by atoms with Gasteiger partial charge in [-0.05, 0) is 29.8 Å². The van der Waals surface area contributed by atoms with Gasteiger partial charge >= 0.3 is 5.97 Å². The van der Waals surface area contributed by atoms with Crippen LogP contribution in [0.1, 0.15) is 31.8 Å². The van der Waals surface area contributed by atoms with Crippen LogP contribution >= 0.6 is 0 Å². The van der Waals surface area contributed by atoms with E-state index in [0.717, 1.165) is 0 Å². The Bertz CT molecular complexity index is 886. The van der Waals surface area contributed by atoms with Gasteiger partial charge in [0.1, 0.15) is 6.04 Å². The number of carbonyl (C=O) groups excluding carboxylic acids is 3. The van der Waals surface area contributed by atoms with Crippen LogP contribution in [0.25, 0.3) is 0 Å². The smallest absolute Gasteiger partial charge is 0.337 e. The summed E-state index contributed by atoms with van der Waals surface area (Å²) in [6.45, 7) is 0. The molecule has 0 aliphatic carbocycles. The summed E-state index contributed by atoms with van der Waals surface area (Å²) >= 11 is 0. The van der Waals surface area contributed by atoms with E-state index < -0.39 is 23.8 Å². The number of hydrogen-bond donors (Lipinski definition) is 2. The van der Waals surface area contributed by atoms with Crippen molar-refractivity contribution in [2.45, 2.75) is 12.5 Å². The van der Waals surface area contributed by atoms with Gasteiger partial charge in [-0.2, -0.15) is 5.26 Å². The first kappa shape index (κ1) is 18.7. The average Bonchev–Trinajstić information content (AvgIpc) is 2.67. The predicted octanol–water partition coefficient (Wildman–Crippen LogP) is 1.17. The van der Waals surface area contributed by atoms with Crippen molar-refractivity contribution in [3.63, 3.8) is 0 Å². The minimum Gasteiger partial charge on any atom is -0.465 e. The fourth-order valence-electron chi connectivity index (χ4n) is 2.40. The van der Waals surface area contributed by atoms with Gasteiger partial charge in [0.2, 0.25) is 5.91 Å². The molecule has 0 spiro atoms. The van der Waals surface area contributed by atoms with Crippen molar-refractivity contribution in [2.75, 3.05) is 7.11 Å². The van der Waals surface area contributed by atoms with Gasteiger partial charge in [-0.25, -0.2) is 4.79 Å². The molecular formula is C19H17N3O4. The molecule has 3 N–H and O–H groups in total. The lowest BCUT2D eigenvalue weighted by molar-refractivity contribution is -0.119. The number of nitrogens with one attached hydrogen (secondary N) is 1. The number of nitriles is 1. The Kier molecular flexibility index (Phi) is 6.06. The zero-order valence-corrected chi connectivity index (χ0v) is 14.1. The second kappa shape index (κ2) is 8.44. The second-order valence-electron chi connectivity index (χ2n) is 5.47. The van der Waals surface area contributed by atoms with Crippen LogP contribution in [0.2, 0.25) is 0 Å². The van der Waals surface area contributed by atoms with Crippen molar-refractivity contribution in [1.82, 2.24) is 5.32 Å². The minimum absolute atomic E-state index is 0.0848. The van der Waals surface area contributed by atoms with Gasteiger partial charge in [0.25, 0.3) is 5.91 Å². The van der Waals surface area contributed by atoms with Gasteiger partial charge < -0.3 is 15.8 Å². The molecule has 7 heteroatoms. The molecule has 132 valence electrons. The SMILES string of the molecule is COC(=O)c1cccc(C(=O)N[C@@H](Cc2ccccc2C#N)C(N)=O)c1. The highest BCUT2D eigenvalue weighted by atomic mass is 16.5. The quantitative estimate of drug-likeness (QED) is 0.757. The summed E-state index contributed by atoms with van der Waals surface area (Å²) in [6.07, 6.45) is 0.0848. The van der Waals surface area contributed by atoms with E-state index in [0.29, 0.717) is 11.1 Å². The highest BCUT2D eigenvalue weighted by Crippen LogP contribution is 2.12. The van der Waals surface area contributed by atoms with Gasteiger partial charge in [-0.15, -0.1) is 0 Å². The molecule has 0 aliphatic rings. The topological polar surface area (TPSA) is 122 Å². The number of nitrogens with zero attached hydrogens (tertiary/aromatic N) is 1. The third-order valence-corrected chi connectivity index (χ3v) is 3.76. The average molecular weight is 351 g/mol. The van der Waals surface area contributed by atoms with Gasteiger partial charge in [0.05, 0.1) is 24.3 Å². The van der Waals surface area contributed by atoms with E-state index in [1.54, 1.807) is 24.3 Å². The zero-order valence-electron chi connectivity index (χ0n) is 14.1. The lowest BCUT2D eigenvalue weighted by Gasteiger charge is -2.16. The molecule has 0 saturated heterocycles. The molecule has 2 aromatic carbocycles. The van der Waals surface area contributed by atoms with E-state index in [-0.39, 0.29) is 17.5 Å². The van der Waals surface area contributed by atoms with E-state index >= 15 is 0 Å². The third kappa shape index (κ3) is 4.45. The molecule has 0 bridgehead atoms. The lowest BCUT2D eigenvalue weighted by Crippen LogP contribution is -2.46. The molecule has 0 unspecified atom stereocenters. The Labute approximate surface area is 150 Å². The minimum atomic E-state index is -1.00. The number of benzene rings is 2. The van der Waals surface area contributed by atoms with Crippen LogP contribution in [0.3, 0.4) is 0 Å².